The van der Waals surface area contributed by atoms with Crippen LogP contribution in [-0.4, -0.2) is 9.78 Å². The molecule has 1 aromatic carbocycles. The second-order valence-corrected chi connectivity index (χ2v) is 4.09. The molecule has 0 saturated heterocycles. The van der Waals surface area contributed by atoms with Crippen LogP contribution in [0.1, 0.15) is 5.56 Å². The summed E-state index contributed by atoms with van der Waals surface area (Å²) in [4.78, 5) is 11.6. The first-order valence-electron chi connectivity index (χ1n) is 4.90. The van der Waals surface area contributed by atoms with E-state index in [0.29, 0.717) is 5.69 Å². The van der Waals surface area contributed by atoms with Gasteiger partial charge in [0.2, 0.25) is 5.43 Å². The first-order valence-corrected chi connectivity index (χ1v) is 6.02. The average Bonchev–Trinajstić information content (AvgIpc) is 2.32. The zero-order valence-electron chi connectivity index (χ0n) is 8.85. The number of alkyl halides is 1. The van der Waals surface area contributed by atoms with Gasteiger partial charge in [-0.3, -0.25) is 9.48 Å². The Hall–Kier alpha value is -1.42. The van der Waals surface area contributed by atoms with Gasteiger partial charge in [0.25, 0.3) is 0 Å². The largest absolute Gasteiger partial charge is 0.287 e. The number of hydrogen-bond donors (Lipinski definition) is 0. The molecule has 2 rings (SSSR count). The summed E-state index contributed by atoms with van der Waals surface area (Å²) in [6.45, 7) is 0. The van der Waals surface area contributed by atoms with Gasteiger partial charge in [0.1, 0.15) is 5.69 Å². The maximum Gasteiger partial charge on any atom is 0.208 e. The van der Waals surface area contributed by atoms with E-state index in [1.54, 1.807) is 17.9 Å². The highest BCUT2D eigenvalue weighted by molar-refractivity contribution is 9.08. The molecular formula is C12H11BrN2O. The Morgan fingerprint density at radius 1 is 1.25 bits per heavy atom. The van der Waals surface area contributed by atoms with Crippen molar-refractivity contribution >= 4 is 15.9 Å². The molecule has 0 radical (unpaired) electrons. The van der Waals surface area contributed by atoms with Crippen molar-refractivity contribution in [2.75, 3.05) is 0 Å². The third-order valence-electron chi connectivity index (χ3n) is 2.31. The maximum atomic E-state index is 11.6. The molecular weight excluding hydrogens is 268 g/mol. The molecule has 16 heavy (non-hydrogen) atoms. The van der Waals surface area contributed by atoms with Gasteiger partial charge in [0, 0.05) is 30.2 Å². The van der Waals surface area contributed by atoms with Gasteiger partial charge in [0.15, 0.2) is 0 Å². The maximum absolute atomic E-state index is 11.6. The van der Waals surface area contributed by atoms with Crippen LogP contribution < -0.4 is 5.43 Å². The third kappa shape index (κ3) is 2.22. The number of nitrogens with zero attached hydrogens (tertiary/aromatic N) is 2. The number of aryl methyl sites for hydroxylation is 1. The van der Waals surface area contributed by atoms with E-state index >= 15 is 0 Å². The minimum atomic E-state index is -0.0512. The molecule has 1 heterocycles. The summed E-state index contributed by atoms with van der Waals surface area (Å²) < 4.78 is 1.63. The second-order valence-electron chi connectivity index (χ2n) is 3.53. The van der Waals surface area contributed by atoms with Crippen molar-refractivity contribution in [2.45, 2.75) is 5.33 Å². The van der Waals surface area contributed by atoms with Crippen molar-refractivity contribution < 1.29 is 0 Å². The van der Waals surface area contributed by atoms with Gasteiger partial charge < -0.3 is 0 Å². The van der Waals surface area contributed by atoms with Crippen LogP contribution in [-0.2, 0) is 12.4 Å². The van der Waals surface area contributed by atoms with E-state index in [1.165, 1.54) is 11.6 Å². The van der Waals surface area contributed by atoms with E-state index in [4.69, 9.17) is 0 Å². The summed E-state index contributed by atoms with van der Waals surface area (Å²) in [6.07, 6.45) is 1.65. The molecule has 0 saturated carbocycles. The van der Waals surface area contributed by atoms with Crippen LogP contribution in [0, 0.1) is 0 Å². The molecule has 0 unspecified atom stereocenters. The zero-order valence-corrected chi connectivity index (χ0v) is 10.4. The predicted octanol–water partition coefficient (Wildman–Crippen LogP) is 2.34. The second kappa shape index (κ2) is 4.61. The minimum absolute atomic E-state index is 0.0512. The van der Waals surface area contributed by atoms with Crippen LogP contribution in [0.25, 0.3) is 11.3 Å². The van der Waals surface area contributed by atoms with Crippen LogP contribution in [0.3, 0.4) is 0 Å². The lowest BCUT2D eigenvalue weighted by atomic mass is 10.1. The first kappa shape index (κ1) is 11.1. The summed E-state index contributed by atoms with van der Waals surface area (Å²) in [6, 6.07) is 9.33. The van der Waals surface area contributed by atoms with Gasteiger partial charge in [0.05, 0.1) is 0 Å². The molecule has 0 aliphatic heterocycles. The minimum Gasteiger partial charge on any atom is -0.287 e. The molecule has 0 amide bonds. The highest BCUT2D eigenvalue weighted by Gasteiger charge is 2.04. The Morgan fingerprint density at radius 2 is 1.94 bits per heavy atom. The molecule has 1 aromatic heterocycles. The van der Waals surface area contributed by atoms with Crippen LogP contribution in [0.2, 0.25) is 0 Å². The lowest BCUT2D eigenvalue weighted by Crippen LogP contribution is -2.11. The number of halogens is 1. The smallest absolute Gasteiger partial charge is 0.208 e. The molecule has 4 heteroatoms. The molecule has 82 valence electrons. The van der Waals surface area contributed by atoms with Crippen LogP contribution in [0.4, 0.5) is 0 Å². The molecule has 0 bridgehead atoms. The first-order chi connectivity index (χ1) is 7.70. The van der Waals surface area contributed by atoms with Gasteiger partial charge in [-0.05, 0) is 5.56 Å². The van der Waals surface area contributed by atoms with Gasteiger partial charge in [-0.15, -0.1) is 0 Å². The topological polar surface area (TPSA) is 34.9 Å². The fourth-order valence-electron chi connectivity index (χ4n) is 1.45. The van der Waals surface area contributed by atoms with Gasteiger partial charge in [-0.1, -0.05) is 40.2 Å². The monoisotopic (exact) mass is 278 g/mol. The summed E-state index contributed by atoms with van der Waals surface area (Å²) in [5.74, 6) is 0. The van der Waals surface area contributed by atoms with Crippen LogP contribution >= 0.6 is 15.9 Å². The van der Waals surface area contributed by atoms with Crippen molar-refractivity contribution in [1.82, 2.24) is 9.78 Å². The van der Waals surface area contributed by atoms with E-state index in [9.17, 15) is 4.79 Å². The van der Waals surface area contributed by atoms with E-state index in [1.807, 2.05) is 24.3 Å². The van der Waals surface area contributed by atoms with Crippen molar-refractivity contribution in [3.05, 3.63) is 52.3 Å². The quantitative estimate of drug-likeness (QED) is 0.791. The molecule has 2 aromatic rings. The summed E-state index contributed by atoms with van der Waals surface area (Å²) >= 11 is 3.38. The zero-order chi connectivity index (χ0) is 11.5. The number of rotatable bonds is 2. The molecule has 0 aliphatic rings. The lowest BCUT2D eigenvalue weighted by Gasteiger charge is -2.03. The standard InChI is InChI=1S/C12H11BrN2O/c1-15-7-6-11(16)12(14-15)10-4-2-9(8-13)3-5-10/h2-7H,8H2,1H3. The number of hydrogen-bond acceptors (Lipinski definition) is 2. The van der Waals surface area contributed by atoms with Crippen molar-refractivity contribution in [1.29, 1.82) is 0 Å². The van der Waals surface area contributed by atoms with E-state index < -0.39 is 0 Å². The summed E-state index contributed by atoms with van der Waals surface area (Å²) in [7, 11) is 1.80. The SMILES string of the molecule is Cn1ccc(=O)c(-c2ccc(CBr)cc2)n1. The Bertz CT molecular complexity index is 546. The third-order valence-corrected chi connectivity index (χ3v) is 2.96. The number of benzene rings is 1. The van der Waals surface area contributed by atoms with Crippen molar-refractivity contribution in [3.8, 4) is 11.3 Å². The normalized spacial score (nSPS) is 10.4. The number of aromatic nitrogens is 2. The van der Waals surface area contributed by atoms with E-state index in [-0.39, 0.29) is 5.43 Å². The molecule has 0 fully saturated rings. The predicted molar refractivity (Wildman–Crippen MR) is 67.5 cm³/mol. The molecule has 0 aliphatic carbocycles. The van der Waals surface area contributed by atoms with Crippen LogP contribution in [0.5, 0.6) is 0 Å². The molecule has 0 spiro atoms. The van der Waals surface area contributed by atoms with E-state index in [2.05, 4.69) is 21.0 Å². The summed E-state index contributed by atoms with van der Waals surface area (Å²) in [5.41, 5.74) is 2.47. The average molecular weight is 279 g/mol. The Labute approximate surface area is 102 Å². The van der Waals surface area contributed by atoms with Crippen molar-refractivity contribution in [3.63, 3.8) is 0 Å². The van der Waals surface area contributed by atoms with E-state index in [0.717, 1.165) is 10.9 Å². The molecule has 0 N–H and O–H groups in total. The van der Waals surface area contributed by atoms with Crippen molar-refractivity contribution in [2.24, 2.45) is 7.05 Å². The highest BCUT2D eigenvalue weighted by atomic mass is 79.9. The fourth-order valence-corrected chi connectivity index (χ4v) is 1.82. The Morgan fingerprint density at radius 3 is 2.56 bits per heavy atom. The highest BCUT2D eigenvalue weighted by Crippen LogP contribution is 2.15. The van der Waals surface area contributed by atoms with Crippen LogP contribution in [0.15, 0.2) is 41.3 Å². The Kier molecular flexibility index (Phi) is 3.19. The van der Waals surface area contributed by atoms with Gasteiger partial charge >= 0.3 is 0 Å². The summed E-state index contributed by atoms with van der Waals surface area (Å²) in [5, 5.41) is 5.00. The fraction of sp³-hybridized carbons (Fsp3) is 0.167. The van der Waals surface area contributed by atoms with Gasteiger partial charge in [-0.25, -0.2) is 0 Å². The molecule has 0 atom stereocenters. The lowest BCUT2D eigenvalue weighted by molar-refractivity contribution is 0.739. The Balaban J connectivity index is 2.50. The van der Waals surface area contributed by atoms with Gasteiger partial charge in [-0.2, -0.15) is 5.10 Å². The molecule has 3 nitrogen and oxygen atoms in total.